The van der Waals surface area contributed by atoms with Crippen LogP contribution in [0, 0.1) is 0 Å². The molecule has 0 aliphatic carbocycles. The molecule has 3 heteroatoms. The van der Waals surface area contributed by atoms with Crippen molar-refractivity contribution in [2.45, 2.75) is 65.2 Å². The van der Waals surface area contributed by atoms with Gasteiger partial charge in [-0.05, 0) is 71.4 Å². The molecule has 0 rings (SSSR count). The SMILES string of the molecule is CCCCNCCCCCCNCCCCNCC. The number of hydrogen-bond donors (Lipinski definition) is 3. The van der Waals surface area contributed by atoms with Crippen molar-refractivity contribution in [2.75, 3.05) is 39.3 Å². The van der Waals surface area contributed by atoms with Crippen LogP contribution >= 0.6 is 0 Å². The quantitative estimate of drug-likeness (QED) is 0.378. The highest BCUT2D eigenvalue weighted by Crippen LogP contribution is 1.98. The van der Waals surface area contributed by atoms with Gasteiger partial charge in [-0.25, -0.2) is 0 Å². The van der Waals surface area contributed by atoms with Crippen LogP contribution in [0.1, 0.15) is 65.2 Å². The van der Waals surface area contributed by atoms with Gasteiger partial charge in [0.1, 0.15) is 0 Å². The Morgan fingerprint density at radius 2 is 0.895 bits per heavy atom. The lowest BCUT2D eigenvalue weighted by Gasteiger charge is -2.06. The van der Waals surface area contributed by atoms with Gasteiger partial charge in [0, 0.05) is 0 Å². The van der Waals surface area contributed by atoms with Crippen molar-refractivity contribution < 1.29 is 0 Å². The van der Waals surface area contributed by atoms with E-state index in [9.17, 15) is 0 Å². The third kappa shape index (κ3) is 17.9. The minimum atomic E-state index is 1.10. The molecule has 0 aromatic carbocycles. The van der Waals surface area contributed by atoms with E-state index >= 15 is 0 Å². The molecule has 0 aliphatic rings. The maximum atomic E-state index is 3.54. The molecule has 0 atom stereocenters. The van der Waals surface area contributed by atoms with Gasteiger partial charge in [-0.1, -0.05) is 33.1 Å². The molecule has 0 aromatic rings. The van der Waals surface area contributed by atoms with E-state index in [1.54, 1.807) is 0 Å². The Morgan fingerprint density at radius 1 is 0.474 bits per heavy atom. The lowest BCUT2D eigenvalue weighted by Crippen LogP contribution is -2.19. The highest BCUT2D eigenvalue weighted by Gasteiger charge is 1.92. The van der Waals surface area contributed by atoms with Crippen LogP contribution in [-0.2, 0) is 0 Å². The van der Waals surface area contributed by atoms with E-state index in [1.165, 1.54) is 84.1 Å². The van der Waals surface area contributed by atoms with Gasteiger partial charge in [0.25, 0.3) is 0 Å². The van der Waals surface area contributed by atoms with Gasteiger partial charge >= 0.3 is 0 Å². The zero-order chi connectivity index (χ0) is 14.0. The third-order valence-electron chi connectivity index (χ3n) is 3.37. The summed E-state index contributed by atoms with van der Waals surface area (Å²) < 4.78 is 0. The van der Waals surface area contributed by atoms with E-state index in [0.29, 0.717) is 0 Å². The number of rotatable bonds is 16. The molecule has 0 fully saturated rings. The number of unbranched alkanes of at least 4 members (excludes halogenated alkanes) is 5. The second-order valence-corrected chi connectivity index (χ2v) is 5.33. The summed E-state index contributed by atoms with van der Waals surface area (Å²) in [6.07, 6.45) is 10.6. The molecule has 0 saturated heterocycles. The summed E-state index contributed by atoms with van der Waals surface area (Å²) in [6, 6.07) is 0. The van der Waals surface area contributed by atoms with Crippen molar-refractivity contribution in [1.29, 1.82) is 0 Å². The summed E-state index contributed by atoms with van der Waals surface area (Å²) in [5.74, 6) is 0. The van der Waals surface area contributed by atoms with Crippen LogP contribution in [0.15, 0.2) is 0 Å². The first-order valence-corrected chi connectivity index (χ1v) is 8.54. The Balaban J connectivity index is 2.88. The molecule has 3 N–H and O–H groups in total. The maximum absolute atomic E-state index is 3.54. The molecule has 0 aromatic heterocycles. The van der Waals surface area contributed by atoms with Crippen LogP contribution in [0.4, 0.5) is 0 Å². The van der Waals surface area contributed by atoms with Gasteiger partial charge < -0.3 is 16.0 Å². The van der Waals surface area contributed by atoms with Crippen LogP contribution in [0.3, 0.4) is 0 Å². The topological polar surface area (TPSA) is 36.1 Å². The van der Waals surface area contributed by atoms with E-state index < -0.39 is 0 Å². The second-order valence-electron chi connectivity index (χ2n) is 5.33. The predicted molar refractivity (Wildman–Crippen MR) is 86.9 cm³/mol. The minimum absolute atomic E-state index is 1.10. The molecule has 0 heterocycles. The van der Waals surface area contributed by atoms with Gasteiger partial charge in [0.05, 0.1) is 0 Å². The van der Waals surface area contributed by atoms with E-state index in [2.05, 4.69) is 29.8 Å². The molecule has 3 nitrogen and oxygen atoms in total. The lowest BCUT2D eigenvalue weighted by atomic mass is 10.2. The molecule has 0 amide bonds. The fourth-order valence-corrected chi connectivity index (χ4v) is 2.08. The van der Waals surface area contributed by atoms with Crippen molar-refractivity contribution in [1.82, 2.24) is 16.0 Å². The van der Waals surface area contributed by atoms with Gasteiger partial charge in [-0.3, -0.25) is 0 Å². The fraction of sp³-hybridized carbons (Fsp3) is 1.00. The van der Waals surface area contributed by atoms with Gasteiger partial charge in [-0.15, -0.1) is 0 Å². The Hall–Kier alpha value is -0.120. The summed E-state index contributed by atoms with van der Waals surface area (Å²) in [5.41, 5.74) is 0. The standard InChI is InChI=1S/C16H37N3/c1-3-5-12-18-14-8-6-7-9-15-19-16-11-10-13-17-4-2/h17-19H,3-16H2,1-2H3. The predicted octanol–water partition coefficient (Wildman–Crippen LogP) is 2.92. The molecule has 0 spiro atoms. The molecule has 116 valence electrons. The van der Waals surface area contributed by atoms with Crippen LogP contribution < -0.4 is 16.0 Å². The van der Waals surface area contributed by atoms with Gasteiger partial charge in [0.15, 0.2) is 0 Å². The summed E-state index contributed by atoms with van der Waals surface area (Å²) in [6.45, 7) is 11.5. The maximum Gasteiger partial charge on any atom is -0.00484 e. The monoisotopic (exact) mass is 271 g/mol. The smallest absolute Gasteiger partial charge is 0.00484 e. The third-order valence-corrected chi connectivity index (χ3v) is 3.37. The Morgan fingerprint density at radius 3 is 1.37 bits per heavy atom. The van der Waals surface area contributed by atoms with Crippen LogP contribution in [0.5, 0.6) is 0 Å². The van der Waals surface area contributed by atoms with Gasteiger partial charge in [0.2, 0.25) is 0 Å². The van der Waals surface area contributed by atoms with Crippen molar-refractivity contribution in [3.05, 3.63) is 0 Å². The van der Waals surface area contributed by atoms with E-state index in [0.717, 1.165) is 6.54 Å². The number of hydrogen-bond acceptors (Lipinski definition) is 3. The van der Waals surface area contributed by atoms with Crippen LogP contribution in [0.2, 0.25) is 0 Å². The molecule has 0 radical (unpaired) electrons. The van der Waals surface area contributed by atoms with E-state index in [4.69, 9.17) is 0 Å². The average Bonchev–Trinajstić information content (AvgIpc) is 2.43. The Labute approximate surface area is 121 Å². The molecular weight excluding hydrogens is 234 g/mol. The zero-order valence-corrected chi connectivity index (χ0v) is 13.4. The van der Waals surface area contributed by atoms with Crippen molar-refractivity contribution in [2.24, 2.45) is 0 Å². The zero-order valence-electron chi connectivity index (χ0n) is 13.4. The summed E-state index contributed by atoms with van der Waals surface area (Å²) >= 11 is 0. The molecule has 0 saturated carbocycles. The summed E-state index contributed by atoms with van der Waals surface area (Å²) in [4.78, 5) is 0. The fourth-order valence-electron chi connectivity index (χ4n) is 2.08. The first-order valence-electron chi connectivity index (χ1n) is 8.54. The van der Waals surface area contributed by atoms with E-state index in [-0.39, 0.29) is 0 Å². The van der Waals surface area contributed by atoms with Crippen LogP contribution in [-0.4, -0.2) is 39.3 Å². The van der Waals surface area contributed by atoms with Crippen molar-refractivity contribution in [3.8, 4) is 0 Å². The molecule has 0 unspecified atom stereocenters. The average molecular weight is 271 g/mol. The molecule has 0 aliphatic heterocycles. The highest BCUT2D eigenvalue weighted by atomic mass is 14.9. The minimum Gasteiger partial charge on any atom is -0.317 e. The highest BCUT2D eigenvalue weighted by molar-refractivity contribution is 4.53. The molecular formula is C16H37N3. The van der Waals surface area contributed by atoms with Crippen molar-refractivity contribution in [3.63, 3.8) is 0 Å². The van der Waals surface area contributed by atoms with E-state index in [1.807, 2.05) is 0 Å². The normalized spacial score (nSPS) is 11.1. The lowest BCUT2D eigenvalue weighted by molar-refractivity contribution is 0.544. The molecule has 0 bridgehead atoms. The summed E-state index contributed by atoms with van der Waals surface area (Å²) in [7, 11) is 0. The van der Waals surface area contributed by atoms with Crippen molar-refractivity contribution >= 4 is 0 Å². The Bertz CT molecular complexity index is 135. The first-order chi connectivity index (χ1) is 9.41. The van der Waals surface area contributed by atoms with Crippen LogP contribution in [0.25, 0.3) is 0 Å². The second kappa shape index (κ2) is 17.9. The number of nitrogens with one attached hydrogen (secondary N) is 3. The summed E-state index contributed by atoms with van der Waals surface area (Å²) in [5, 5.41) is 10.4. The van der Waals surface area contributed by atoms with Gasteiger partial charge in [-0.2, -0.15) is 0 Å². The molecule has 19 heavy (non-hydrogen) atoms. The Kier molecular flexibility index (Phi) is 17.8. The largest absolute Gasteiger partial charge is 0.317 e. The first kappa shape index (κ1) is 18.9.